The standard InChI is InChI=1S/C13H12F3NO2/c1-7-6-17(5-4-10(7)18)13(19)8-2-3-9(14)12(16)11(8)15/h2-3,7H,4-6H2,1H3. The zero-order chi connectivity index (χ0) is 14.2. The molecule has 1 aromatic rings. The van der Waals surface area contributed by atoms with Gasteiger partial charge in [0.2, 0.25) is 0 Å². The molecule has 0 radical (unpaired) electrons. The maximum absolute atomic E-state index is 13.5. The Morgan fingerprint density at radius 3 is 2.58 bits per heavy atom. The summed E-state index contributed by atoms with van der Waals surface area (Å²) < 4.78 is 39.4. The largest absolute Gasteiger partial charge is 0.337 e. The van der Waals surface area contributed by atoms with Crippen molar-refractivity contribution >= 4 is 11.7 Å². The first-order valence-corrected chi connectivity index (χ1v) is 5.87. The van der Waals surface area contributed by atoms with E-state index < -0.39 is 28.9 Å². The van der Waals surface area contributed by atoms with Gasteiger partial charge < -0.3 is 4.90 Å². The van der Waals surface area contributed by atoms with Crippen LogP contribution in [0, 0.1) is 23.4 Å². The van der Waals surface area contributed by atoms with Crippen molar-refractivity contribution in [1.29, 1.82) is 0 Å². The fraction of sp³-hybridized carbons (Fsp3) is 0.385. The van der Waals surface area contributed by atoms with E-state index in [0.717, 1.165) is 6.07 Å². The quantitative estimate of drug-likeness (QED) is 0.734. The van der Waals surface area contributed by atoms with Crippen molar-refractivity contribution in [3.05, 3.63) is 35.1 Å². The molecule has 1 unspecified atom stereocenters. The van der Waals surface area contributed by atoms with Crippen LogP contribution in [0.4, 0.5) is 13.2 Å². The fourth-order valence-electron chi connectivity index (χ4n) is 2.06. The Balaban J connectivity index is 2.25. The number of amides is 1. The number of hydrogen-bond donors (Lipinski definition) is 0. The molecule has 6 heteroatoms. The Hall–Kier alpha value is -1.85. The lowest BCUT2D eigenvalue weighted by molar-refractivity contribution is -0.124. The highest BCUT2D eigenvalue weighted by Crippen LogP contribution is 2.20. The minimum absolute atomic E-state index is 0.0369. The number of carbonyl (C=O) groups excluding carboxylic acids is 2. The normalized spacial score (nSPS) is 19.7. The monoisotopic (exact) mass is 271 g/mol. The molecule has 3 nitrogen and oxygen atoms in total. The summed E-state index contributed by atoms with van der Waals surface area (Å²) in [6.07, 6.45) is 0.193. The van der Waals surface area contributed by atoms with E-state index in [-0.39, 0.29) is 31.2 Å². The smallest absolute Gasteiger partial charge is 0.256 e. The molecule has 1 heterocycles. The lowest BCUT2D eigenvalue weighted by Gasteiger charge is -2.30. The molecule has 0 N–H and O–H groups in total. The highest BCUT2D eigenvalue weighted by atomic mass is 19.2. The molecule has 1 fully saturated rings. The van der Waals surface area contributed by atoms with Crippen LogP contribution in [-0.2, 0) is 4.79 Å². The Morgan fingerprint density at radius 1 is 1.26 bits per heavy atom. The molecule has 0 aromatic heterocycles. The van der Waals surface area contributed by atoms with Crippen molar-refractivity contribution in [2.75, 3.05) is 13.1 Å². The van der Waals surface area contributed by atoms with Crippen LogP contribution in [0.2, 0.25) is 0 Å². The van der Waals surface area contributed by atoms with Gasteiger partial charge in [-0.05, 0) is 12.1 Å². The molecule has 1 aromatic carbocycles. The number of likely N-dealkylation sites (tertiary alicyclic amines) is 1. The number of hydrogen-bond acceptors (Lipinski definition) is 2. The summed E-state index contributed by atoms with van der Waals surface area (Å²) in [4.78, 5) is 24.6. The van der Waals surface area contributed by atoms with Gasteiger partial charge in [0, 0.05) is 25.4 Å². The first-order valence-electron chi connectivity index (χ1n) is 5.87. The van der Waals surface area contributed by atoms with Crippen molar-refractivity contribution in [2.24, 2.45) is 5.92 Å². The van der Waals surface area contributed by atoms with Crippen LogP contribution in [0.5, 0.6) is 0 Å². The number of piperidine rings is 1. The Morgan fingerprint density at radius 2 is 1.95 bits per heavy atom. The summed E-state index contributed by atoms with van der Waals surface area (Å²) in [5.74, 6) is -5.51. The summed E-state index contributed by atoms with van der Waals surface area (Å²) in [5, 5.41) is 0. The van der Waals surface area contributed by atoms with Crippen molar-refractivity contribution in [2.45, 2.75) is 13.3 Å². The molecule has 0 saturated carbocycles. The molecule has 1 aliphatic rings. The molecule has 2 rings (SSSR count). The molecule has 1 amide bonds. The third-order valence-corrected chi connectivity index (χ3v) is 3.22. The SMILES string of the molecule is CC1CN(C(=O)c2ccc(F)c(F)c2F)CCC1=O. The average molecular weight is 271 g/mol. The molecule has 1 saturated heterocycles. The fourth-order valence-corrected chi connectivity index (χ4v) is 2.06. The minimum Gasteiger partial charge on any atom is -0.337 e. The summed E-state index contributed by atoms with van der Waals surface area (Å²) in [7, 11) is 0. The predicted octanol–water partition coefficient (Wildman–Crippen LogP) is 2.16. The average Bonchev–Trinajstić information content (AvgIpc) is 2.39. The molecule has 19 heavy (non-hydrogen) atoms. The number of benzene rings is 1. The van der Waals surface area contributed by atoms with Crippen LogP contribution in [-0.4, -0.2) is 29.7 Å². The van der Waals surface area contributed by atoms with Gasteiger partial charge >= 0.3 is 0 Å². The van der Waals surface area contributed by atoms with Gasteiger partial charge in [-0.25, -0.2) is 13.2 Å². The number of nitrogens with zero attached hydrogens (tertiary/aromatic N) is 1. The molecular weight excluding hydrogens is 259 g/mol. The third-order valence-electron chi connectivity index (χ3n) is 3.22. The van der Waals surface area contributed by atoms with Gasteiger partial charge in [-0.2, -0.15) is 0 Å². The van der Waals surface area contributed by atoms with E-state index in [1.165, 1.54) is 4.90 Å². The van der Waals surface area contributed by atoms with Gasteiger partial charge in [0.25, 0.3) is 5.91 Å². The van der Waals surface area contributed by atoms with Crippen molar-refractivity contribution in [3.63, 3.8) is 0 Å². The molecule has 102 valence electrons. The van der Waals surface area contributed by atoms with Crippen molar-refractivity contribution in [1.82, 2.24) is 4.90 Å². The lowest BCUT2D eigenvalue weighted by atomic mass is 9.98. The summed E-state index contributed by atoms with van der Waals surface area (Å²) in [6, 6.07) is 1.63. The number of halogens is 3. The van der Waals surface area contributed by atoms with Crippen molar-refractivity contribution < 1.29 is 22.8 Å². The first kappa shape index (κ1) is 13.6. The first-order chi connectivity index (χ1) is 8.91. The van der Waals surface area contributed by atoms with Gasteiger partial charge in [-0.15, -0.1) is 0 Å². The molecule has 1 aliphatic heterocycles. The van der Waals surface area contributed by atoms with E-state index in [9.17, 15) is 22.8 Å². The molecule has 0 bridgehead atoms. The van der Waals surface area contributed by atoms with E-state index >= 15 is 0 Å². The maximum Gasteiger partial charge on any atom is 0.256 e. The predicted molar refractivity (Wildman–Crippen MR) is 61.0 cm³/mol. The maximum atomic E-state index is 13.5. The van der Waals surface area contributed by atoms with Gasteiger partial charge in [0.1, 0.15) is 5.78 Å². The Bertz CT molecular complexity index is 545. The topological polar surface area (TPSA) is 37.4 Å². The van der Waals surface area contributed by atoms with Crippen LogP contribution in [0.3, 0.4) is 0 Å². The van der Waals surface area contributed by atoms with Crippen LogP contribution in [0.25, 0.3) is 0 Å². The van der Waals surface area contributed by atoms with E-state index in [2.05, 4.69) is 0 Å². The van der Waals surface area contributed by atoms with Gasteiger partial charge in [-0.1, -0.05) is 6.92 Å². The minimum atomic E-state index is -1.66. The summed E-state index contributed by atoms with van der Waals surface area (Å²) in [5.41, 5.74) is -0.513. The molecule has 0 spiro atoms. The van der Waals surface area contributed by atoms with Crippen LogP contribution in [0.1, 0.15) is 23.7 Å². The number of Topliss-reactive ketones (excluding diaryl/α,β-unsaturated/α-hetero) is 1. The van der Waals surface area contributed by atoms with Crippen LogP contribution >= 0.6 is 0 Å². The Kier molecular flexibility index (Phi) is 3.59. The lowest BCUT2D eigenvalue weighted by Crippen LogP contribution is -2.43. The number of rotatable bonds is 1. The van der Waals surface area contributed by atoms with Gasteiger partial charge in [0.05, 0.1) is 5.56 Å². The van der Waals surface area contributed by atoms with E-state index in [0.29, 0.717) is 6.07 Å². The highest BCUT2D eigenvalue weighted by Gasteiger charge is 2.29. The number of ketones is 1. The molecular formula is C13H12F3NO2. The Labute approximate surface area is 108 Å². The summed E-state index contributed by atoms with van der Waals surface area (Å²) >= 11 is 0. The van der Waals surface area contributed by atoms with Gasteiger partial charge in [-0.3, -0.25) is 9.59 Å². The molecule has 0 aliphatic carbocycles. The third kappa shape index (κ3) is 2.47. The summed E-state index contributed by atoms with van der Waals surface area (Å²) in [6.45, 7) is 2.00. The number of carbonyl (C=O) groups is 2. The second-order valence-corrected chi connectivity index (χ2v) is 4.59. The molecule has 1 atom stereocenters. The van der Waals surface area contributed by atoms with Crippen LogP contribution in [0.15, 0.2) is 12.1 Å². The van der Waals surface area contributed by atoms with Gasteiger partial charge in [0.15, 0.2) is 17.5 Å². The van der Waals surface area contributed by atoms with E-state index in [4.69, 9.17) is 0 Å². The zero-order valence-corrected chi connectivity index (χ0v) is 10.3. The second-order valence-electron chi connectivity index (χ2n) is 4.59. The zero-order valence-electron chi connectivity index (χ0n) is 10.3. The van der Waals surface area contributed by atoms with E-state index in [1.54, 1.807) is 6.92 Å². The second kappa shape index (κ2) is 5.03. The van der Waals surface area contributed by atoms with Crippen molar-refractivity contribution in [3.8, 4) is 0 Å². The van der Waals surface area contributed by atoms with Crippen LogP contribution < -0.4 is 0 Å². The van der Waals surface area contributed by atoms with E-state index in [1.807, 2.05) is 0 Å². The highest BCUT2D eigenvalue weighted by molar-refractivity contribution is 5.96.